The minimum Gasteiger partial charge on any atom is -0.457 e. The van der Waals surface area contributed by atoms with Crippen LogP contribution in [0.1, 0.15) is 21.5 Å². The first-order chi connectivity index (χ1) is 13.5. The van der Waals surface area contributed by atoms with Gasteiger partial charge >= 0.3 is 5.97 Å². The van der Waals surface area contributed by atoms with Gasteiger partial charge in [0.15, 0.2) is 6.61 Å². The summed E-state index contributed by atoms with van der Waals surface area (Å²) in [6.45, 7) is 3.36. The molecule has 142 valence electrons. The van der Waals surface area contributed by atoms with E-state index in [2.05, 4.69) is 5.32 Å². The number of benzene rings is 3. The second kappa shape index (κ2) is 8.86. The first kappa shape index (κ1) is 19.2. The van der Waals surface area contributed by atoms with Crippen molar-refractivity contribution in [2.45, 2.75) is 13.8 Å². The molecule has 3 aromatic rings. The van der Waals surface area contributed by atoms with Gasteiger partial charge in [0.2, 0.25) is 0 Å². The maximum Gasteiger partial charge on any atom is 0.338 e. The van der Waals surface area contributed by atoms with Gasteiger partial charge in [-0.1, -0.05) is 42.0 Å². The van der Waals surface area contributed by atoms with Gasteiger partial charge in [0.05, 0.1) is 5.56 Å². The molecular weight excluding hydrogens is 354 g/mol. The van der Waals surface area contributed by atoms with Crippen LogP contribution >= 0.6 is 0 Å². The number of aryl methyl sites for hydroxylation is 2. The van der Waals surface area contributed by atoms with Gasteiger partial charge in [-0.15, -0.1) is 0 Å². The van der Waals surface area contributed by atoms with Gasteiger partial charge in [0.1, 0.15) is 11.5 Å². The molecule has 3 aromatic carbocycles. The van der Waals surface area contributed by atoms with Crippen LogP contribution in [-0.4, -0.2) is 18.5 Å². The highest BCUT2D eigenvalue weighted by Crippen LogP contribution is 2.23. The van der Waals surface area contributed by atoms with Crippen LogP contribution < -0.4 is 10.1 Å². The molecule has 0 atom stereocenters. The predicted molar refractivity (Wildman–Crippen MR) is 108 cm³/mol. The van der Waals surface area contributed by atoms with Gasteiger partial charge in [-0.3, -0.25) is 4.79 Å². The topological polar surface area (TPSA) is 64.6 Å². The van der Waals surface area contributed by atoms with E-state index in [1.54, 1.807) is 30.3 Å². The van der Waals surface area contributed by atoms with E-state index in [1.165, 1.54) is 0 Å². The number of esters is 1. The Labute approximate surface area is 163 Å². The number of rotatable bonds is 6. The largest absolute Gasteiger partial charge is 0.457 e. The van der Waals surface area contributed by atoms with E-state index >= 15 is 0 Å². The van der Waals surface area contributed by atoms with E-state index in [4.69, 9.17) is 9.47 Å². The molecule has 1 amide bonds. The smallest absolute Gasteiger partial charge is 0.338 e. The second-order valence-corrected chi connectivity index (χ2v) is 6.39. The molecule has 0 aliphatic carbocycles. The lowest BCUT2D eigenvalue weighted by Crippen LogP contribution is -2.21. The van der Waals surface area contributed by atoms with Crippen molar-refractivity contribution in [2.75, 3.05) is 11.9 Å². The molecular formula is C23H21NO4. The lowest BCUT2D eigenvalue weighted by atomic mass is 10.1. The number of carbonyl (C=O) groups is 2. The molecule has 0 radical (unpaired) electrons. The third-order valence-corrected chi connectivity index (χ3v) is 4.04. The summed E-state index contributed by atoms with van der Waals surface area (Å²) in [5, 5.41) is 2.70. The summed E-state index contributed by atoms with van der Waals surface area (Å²) in [7, 11) is 0. The summed E-state index contributed by atoms with van der Waals surface area (Å²) in [5.74, 6) is 0.359. The van der Waals surface area contributed by atoms with Crippen LogP contribution in [0.15, 0.2) is 72.8 Å². The van der Waals surface area contributed by atoms with E-state index < -0.39 is 11.9 Å². The fourth-order valence-electron chi connectivity index (χ4n) is 2.62. The van der Waals surface area contributed by atoms with E-state index in [0.29, 0.717) is 22.7 Å². The highest BCUT2D eigenvalue weighted by molar-refractivity contribution is 5.96. The zero-order valence-corrected chi connectivity index (χ0v) is 15.8. The standard InChI is InChI=1S/C23H21NO4/c1-16-11-12-17(2)21(13-16)23(26)27-15-22(25)24-18-7-6-10-20(14-18)28-19-8-4-3-5-9-19/h3-14H,15H2,1-2H3,(H,24,25). The lowest BCUT2D eigenvalue weighted by Gasteiger charge is -2.10. The van der Waals surface area contributed by atoms with E-state index in [9.17, 15) is 9.59 Å². The van der Waals surface area contributed by atoms with Gasteiger partial charge in [0, 0.05) is 11.8 Å². The maximum atomic E-state index is 12.2. The fraction of sp³-hybridized carbons (Fsp3) is 0.130. The van der Waals surface area contributed by atoms with Crippen molar-refractivity contribution >= 4 is 17.6 Å². The van der Waals surface area contributed by atoms with Crippen LogP contribution in [0.4, 0.5) is 5.69 Å². The summed E-state index contributed by atoms with van der Waals surface area (Å²) in [5.41, 5.74) is 2.78. The lowest BCUT2D eigenvalue weighted by molar-refractivity contribution is -0.119. The van der Waals surface area contributed by atoms with Crippen molar-refractivity contribution in [3.8, 4) is 11.5 Å². The highest BCUT2D eigenvalue weighted by Gasteiger charge is 2.13. The van der Waals surface area contributed by atoms with Crippen molar-refractivity contribution in [1.82, 2.24) is 0 Å². The molecule has 0 heterocycles. The van der Waals surface area contributed by atoms with Gasteiger partial charge in [-0.25, -0.2) is 4.79 Å². The zero-order chi connectivity index (χ0) is 19.9. The third-order valence-electron chi connectivity index (χ3n) is 4.04. The summed E-state index contributed by atoms with van der Waals surface area (Å²) in [6.07, 6.45) is 0. The average molecular weight is 375 g/mol. The minimum absolute atomic E-state index is 0.365. The normalized spacial score (nSPS) is 10.2. The van der Waals surface area contributed by atoms with Crippen molar-refractivity contribution < 1.29 is 19.1 Å². The SMILES string of the molecule is Cc1ccc(C)c(C(=O)OCC(=O)Nc2cccc(Oc3ccccc3)c2)c1. The van der Waals surface area contributed by atoms with Crippen molar-refractivity contribution in [3.05, 3.63) is 89.5 Å². The molecule has 0 saturated carbocycles. The van der Waals surface area contributed by atoms with Crippen molar-refractivity contribution in [2.24, 2.45) is 0 Å². The van der Waals surface area contributed by atoms with Crippen LogP contribution in [0.5, 0.6) is 11.5 Å². The Bertz CT molecular complexity index is 983. The number of hydrogen-bond donors (Lipinski definition) is 1. The van der Waals surface area contributed by atoms with Crippen LogP contribution in [0, 0.1) is 13.8 Å². The molecule has 0 aliphatic rings. The van der Waals surface area contributed by atoms with E-state index in [0.717, 1.165) is 11.1 Å². The fourth-order valence-corrected chi connectivity index (χ4v) is 2.62. The molecule has 0 fully saturated rings. The molecule has 0 aliphatic heterocycles. The molecule has 5 nitrogen and oxygen atoms in total. The second-order valence-electron chi connectivity index (χ2n) is 6.39. The number of nitrogens with one attached hydrogen (secondary N) is 1. The Morgan fingerprint density at radius 2 is 1.61 bits per heavy atom. The average Bonchev–Trinajstić information content (AvgIpc) is 2.69. The van der Waals surface area contributed by atoms with Gasteiger partial charge < -0.3 is 14.8 Å². The zero-order valence-electron chi connectivity index (χ0n) is 15.8. The highest BCUT2D eigenvalue weighted by atomic mass is 16.5. The molecule has 3 rings (SSSR count). The Balaban J connectivity index is 1.57. The number of ether oxygens (including phenoxy) is 2. The van der Waals surface area contributed by atoms with Gasteiger partial charge in [0.25, 0.3) is 5.91 Å². The predicted octanol–water partition coefficient (Wildman–Crippen LogP) is 4.89. The molecule has 5 heteroatoms. The van der Waals surface area contributed by atoms with Crippen LogP contribution in [-0.2, 0) is 9.53 Å². The van der Waals surface area contributed by atoms with Crippen molar-refractivity contribution in [1.29, 1.82) is 0 Å². The van der Waals surface area contributed by atoms with Gasteiger partial charge in [-0.2, -0.15) is 0 Å². The molecule has 1 N–H and O–H groups in total. The first-order valence-electron chi connectivity index (χ1n) is 8.88. The van der Waals surface area contributed by atoms with Crippen molar-refractivity contribution in [3.63, 3.8) is 0 Å². The number of carbonyl (C=O) groups excluding carboxylic acids is 2. The Morgan fingerprint density at radius 3 is 2.39 bits per heavy atom. The Kier molecular flexibility index (Phi) is 6.07. The quantitative estimate of drug-likeness (QED) is 0.623. The molecule has 0 unspecified atom stereocenters. The minimum atomic E-state index is -0.516. The summed E-state index contributed by atoms with van der Waals surface area (Å²) >= 11 is 0. The number of amides is 1. The van der Waals surface area contributed by atoms with Crippen LogP contribution in [0.2, 0.25) is 0 Å². The van der Waals surface area contributed by atoms with Crippen LogP contribution in [0.25, 0.3) is 0 Å². The number of para-hydroxylation sites is 1. The Hall–Kier alpha value is -3.60. The maximum absolute atomic E-state index is 12.2. The summed E-state index contributed by atoms with van der Waals surface area (Å²) in [6, 6.07) is 21.9. The summed E-state index contributed by atoms with van der Waals surface area (Å²) < 4.78 is 10.9. The molecule has 0 bridgehead atoms. The number of hydrogen-bond acceptors (Lipinski definition) is 4. The molecule has 28 heavy (non-hydrogen) atoms. The molecule has 0 aromatic heterocycles. The molecule has 0 saturated heterocycles. The van der Waals surface area contributed by atoms with Crippen LogP contribution in [0.3, 0.4) is 0 Å². The van der Waals surface area contributed by atoms with Gasteiger partial charge in [-0.05, 0) is 49.7 Å². The van der Waals surface area contributed by atoms with E-state index in [1.807, 2.05) is 56.3 Å². The van der Waals surface area contributed by atoms with E-state index in [-0.39, 0.29) is 6.61 Å². The monoisotopic (exact) mass is 375 g/mol. The Morgan fingerprint density at radius 1 is 0.857 bits per heavy atom. The third kappa shape index (κ3) is 5.20. The number of anilines is 1. The molecule has 0 spiro atoms. The first-order valence-corrected chi connectivity index (χ1v) is 8.88. The summed E-state index contributed by atoms with van der Waals surface area (Å²) in [4.78, 5) is 24.4.